The zero-order valence-corrected chi connectivity index (χ0v) is 43.3. The van der Waals surface area contributed by atoms with E-state index in [1.165, 1.54) is 42.4 Å². The van der Waals surface area contributed by atoms with E-state index in [0.29, 0.717) is 0 Å². The summed E-state index contributed by atoms with van der Waals surface area (Å²) in [6.07, 6.45) is 0. The van der Waals surface area contributed by atoms with Crippen LogP contribution >= 0.6 is 22.0 Å². The summed E-state index contributed by atoms with van der Waals surface area (Å²) in [5.41, 5.74) is -8.51. The van der Waals surface area contributed by atoms with E-state index in [2.05, 4.69) is 303 Å². The van der Waals surface area contributed by atoms with Crippen LogP contribution in [0.3, 0.4) is 0 Å². The topological polar surface area (TPSA) is 0 Å². The molecule has 0 heterocycles. The third-order valence-corrected chi connectivity index (χ3v) is 44.3. The molecule has 0 saturated heterocycles. The van der Waals surface area contributed by atoms with Crippen LogP contribution in [0.1, 0.15) is 0 Å². The van der Waals surface area contributed by atoms with Crippen LogP contribution in [0.5, 0.6) is 0 Å². The summed E-state index contributed by atoms with van der Waals surface area (Å²) in [4.78, 5) is 0. The number of rotatable bonds is 12. The fourth-order valence-electron chi connectivity index (χ4n) is 9.55. The van der Waals surface area contributed by atoms with Crippen LogP contribution in [0.4, 0.5) is 0 Å². The molecule has 1 fully saturated rings. The van der Waals surface area contributed by atoms with Gasteiger partial charge in [-0.1, -0.05) is 0 Å². The third-order valence-electron chi connectivity index (χ3n) is 12.2. The Balaban J connectivity index is 1.50. The molecule has 1 saturated carbocycles. The molecule has 9 rings (SSSR count). The van der Waals surface area contributed by atoms with Crippen molar-refractivity contribution in [2.24, 2.45) is 0 Å². The third kappa shape index (κ3) is 7.39. The van der Waals surface area contributed by atoms with Crippen molar-refractivity contribution >= 4 is 125 Å². The van der Waals surface area contributed by atoms with Crippen LogP contribution in [0.2, 0.25) is 0 Å². The van der Waals surface area contributed by atoms with Gasteiger partial charge in [0.1, 0.15) is 0 Å². The molecule has 0 spiro atoms. The first-order chi connectivity index (χ1) is 29.3. The summed E-state index contributed by atoms with van der Waals surface area (Å²) in [6.45, 7) is 0. The Labute approximate surface area is 386 Å². The molecule has 0 bridgehead atoms. The second-order valence-electron chi connectivity index (χ2n) is 15.3. The molecule has 60 heavy (non-hydrogen) atoms. The second-order valence-corrected chi connectivity index (χ2v) is 41.6. The van der Waals surface area contributed by atoms with E-state index in [1.54, 1.807) is 0 Å². The van der Waals surface area contributed by atoms with Crippen LogP contribution < -0.4 is 42.4 Å². The average molecular weight is 1110 g/mol. The summed E-state index contributed by atoms with van der Waals surface area (Å²) < 4.78 is 0. The molecule has 0 radical (unpaired) electrons. The van der Waals surface area contributed by atoms with Crippen molar-refractivity contribution in [3.05, 3.63) is 243 Å². The molecular weight excluding hydrogens is 1060 g/mol. The fraction of sp³-hybridized carbons (Fsp3) is 0.0769. The van der Waals surface area contributed by atoms with Gasteiger partial charge in [-0.3, -0.25) is 0 Å². The van der Waals surface area contributed by atoms with E-state index in [0.717, 1.165) is 0 Å². The van der Waals surface area contributed by atoms with Gasteiger partial charge in [0.05, 0.1) is 0 Å². The standard InChI is InChI=1S/C52H44P4Se4/c57-53(41-25-9-1-10-26-41,42-27-11-2-12-28-42)49-50(54(58,43-29-13-3-14-30-43)44-31-15-4-16-32-44)52(56(60,47-37-21-7-22-38-47)48-39-23-8-24-40-48)51(49)55(59,45-33-17-5-18-34-45)46-35-19-6-20-36-46/h1-40,49-52H. The average Bonchev–Trinajstić information content (AvgIpc) is 3.33. The summed E-state index contributed by atoms with van der Waals surface area (Å²) >= 11 is 16.8. The van der Waals surface area contributed by atoms with E-state index < -0.39 is 22.0 Å². The fourth-order valence-corrected chi connectivity index (χ4v) is 46.3. The van der Waals surface area contributed by atoms with E-state index in [-0.39, 0.29) is 22.6 Å². The maximum atomic E-state index is 4.21. The molecule has 8 aromatic carbocycles. The molecule has 0 nitrogen and oxygen atoms in total. The van der Waals surface area contributed by atoms with Crippen LogP contribution in [0.25, 0.3) is 0 Å². The molecular formula is C52H44P4Se4. The monoisotopic (exact) mass is 1110 g/mol. The minimum absolute atomic E-state index is 0.234. The SMILES string of the molecule is [Se]=P(c1ccccc1)(c1ccccc1)C1C(P(=[Se])(c2ccccc2)c2ccccc2)C(P(=[Se])(c2ccccc2)c2ccccc2)C1P(=[Se])(c1ccccc1)c1ccccc1. The number of hydrogen-bond acceptors (Lipinski definition) is 0. The Kier molecular flexibility index (Phi) is 13.1. The van der Waals surface area contributed by atoms with Crippen LogP contribution in [-0.4, -0.2) is 83.0 Å². The molecule has 1 aliphatic rings. The van der Waals surface area contributed by atoms with Gasteiger partial charge in [0, 0.05) is 0 Å². The van der Waals surface area contributed by atoms with E-state index in [1.807, 2.05) is 0 Å². The summed E-state index contributed by atoms with van der Waals surface area (Å²) in [5, 5.41) is 11.3. The summed E-state index contributed by atoms with van der Waals surface area (Å²) in [5.74, 6) is 0. The molecule has 0 aromatic heterocycles. The van der Waals surface area contributed by atoms with Gasteiger partial charge < -0.3 is 0 Å². The van der Waals surface area contributed by atoms with Gasteiger partial charge in [-0.2, -0.15) is 0 Å². The van der Waals surface area contributed by atoms with Crippen LogP contribution in [0, 0.1) is 0 Å². The zero-order valence-electron chi connectivity index (χ0n) is 32.8. The molecule has 0 unspecified atom stereocenters. The normalized spacial score (nSPS) is 18.3. The van der Waals surface area contributed by atoms with E-state index in [4.69, 9.17) is 0 Å². The van der Waals surface area contributed by atoms with Gasteiger partial charge in [0.15, 0.2) is 0 Å². The Morgan fingerprint density at radius 1 is 0.183 bits per heavy atom. The van der Waals surface area contributed by atoms with Crippen molar-refractivity contribution in [2.45, 2.75) is 22.6 Å². The molecule has 0 atom stereocenters. The minimum atomic E-state index is -2.36. The Morgan fingerprint density at radius 3 is 0.383 bits per heavy atom. The molecule has 0 amide bonds. The van der Waals surface area contributed by atoms with Crippen molar-refractivity contribution in [3.8, 4) is 0 Å². The van der Waals surface area contributed by atoms with Gasteiger partial charge in [0.25, 0.3) is 0 Å². The summed E-state index contributed by atoms with van der Waals surface area (Å²) in [6, 6.07) is 92.2. The van der Waals surface area contributed by atoms with Gasteiger partial charge in [-0.15, -0.1) is 0 Å². The van der Waals surface area contributed by atoms with E-state index in [9.17, 15) is 0 Å². The number of hydrogen-bond donors (Lipinski definition) is 0. The van der Waals surface area contributed by atoms with Crippen molar-refractivity contribution < 1.29 is 0 Å². The maximum absolute atomic E-state index is 4.21. The predicted molar refractivity (Wildman–Crippen MR) is 274 cm³/mol. The molecule has 0 aliphatic heterocycles. The second kappa shape index (κ2) is 18.3. The molecule has 8 aromatic rings. The Bertz CT molecular complexity index is 2300. The quantitative estimate of drug-likeness (QED) is 0.0852. The van der Waals surface area contributed by atoms with Gasteiger partial charge in [-0.05, 0) is 0 Å². The van der Waals surface area contributed by atoms with Crippen molar-refractivity contribution in [1.82, 2.24) is 0 Å². The van der Waals surface area contributed by atoms with Crippen LogP contribution in [0.15, 0.2) is 243 Å². The first-order valence-corrected chi connectivity index (χ1v) is 36.5. The number of benzene rings is 8. The van der Waals surface area contributed by atoms with Crippen molar-refractivity contribution in [2.75, 3.05) is 0 Å². The first-order valence-electron chi connectivity index (χ1n) is 20.2. The van der Waals surface area contributed by atoms with Gasteiger partial charge >= 0.3 is 390 Å². The zero-order chi connectivity index (χ0) is 41.2. The molecule has 296 valence electrons. The molecule has 1 aliphatic carbocycles. The van der Waals surface area contributed by atoms with Crippen molar-refractivity contribution in [3.63, 3.8) is 0 Å². The molecule has 0 N–H and O–H groups in total. The Morgan fingerprint density at radius 2 is 0.283 bits per heavy atom. The van der Waals surface area contributed by atoms with Crippen LogP contribution in [-0.2, 0) is 0 Å². The van der Waals surface area contributed by atoms with E-state index >= 15 is 0 Å². The summed E-state index contributed by atoms with van der Waals surface area (Å²) in [7, 11) is 0. The molecule has 8 heteroatoms. The van der Waals surface area contributed by atoms with Gasteiger partial charge in [-0.25, -0.2) is 0 Å². The predicted octanol–water partition coefficient (Wildman–Crippen LogP) is 8.48. The Hall–Kier alpha value is -2.44. The van der Waals surface area contributed by atoms with Gasteiger partial charge in [0.2, 0.25) is 0 Å². The first kappa shape index (κ1) is 42.8. The van der Waals surface area contributed by atoms with Crippen molar-refractivity contribution in [1.29, 1.82) is 0 Å².